The first-order valence-electron chi connectivity index (χ1n) is 10.3. The van der Waals surface area contributed by atoms with Gasteiger partial charge in [-0.05, 0) is 81.3 Å². The minimum absolute atomic E-state index is 0.0731. The Morgan fingerprint density at radius 3 is 2.67 bits per heavy atom. The van der Waals surface area contributed by atoms with E-state index < -0.39 is 0 Å². The smallest absolute Gasteiger partial charge is 0.0546 e. The molecule has 1 aliphatic heterocycles. The summed E-state index contributed by atoms with van der Waals surface area (Å²) in [5, 5.41) is 4.74. The molecular weight excluding hydrogens is 330 g/mol. The van der Waals surface area contributed by atoms with Crippen molar-refractivity contribution < 1.29 is 0 Å². The van der Waals surface area contributed by atoms with Crippen molar-refractivity contribution in [3.05, 3.63) is 71.7 Å². The lowest BCUT2D eigenvalue weighted by Gasteiger charge is -2.29. The zero-order chi connectivity index (χ0) is 18.9. The van der Waals surface area contributed by atoms with Crippen molar-refractivity contribution in [3.8, 4) is 0 Å². The van der Waals surface area contributed by atoms with Crippen molar-refractivity contribution in [2.24, 2.45) is 0 Å². The monoisotopic (exact) mass is 361 g/mol. The number of nitrogens with zero attached hydrogens (tertiary/aromatic N) is 3. The fourth-order valence-corrected chi connectivity index (χ4v) is 4.39. The average molecular weight is 362 g/mol. The van der Waals surface area contributed by atoms with Crippen molar-refractivity contribution in [3.63, 3.8) is 0 Å². The maximum atomic E-state index is 4.74. The Labute approximate surface area is 163 Å². The zero-order valence-electron chi connectivity index (χ0n) is 16.9. The minimum Gasteiger partial charge on any atom is -0.374 e. The summed E-state index contributed by atoms with van der Waals surface area (Å²) < 4.78 is 2.25. The molecule has 0 N–H and O–H groups in total. The van der Waals surface area contributed by atoms with Gasteiger partial charge >= 0.3 is 0 Å². The third-order valence-electron chi connectivity index (χ3n) is 5.83. The summed E-state index contributed by atoms with van der Waals surface area (Å²) in [6, 6.07) is 10.7. The molecule has 1 aliphatic carbocycles. The molecule has 27 heavy (non-hydrogen) atoms. The highest BCUT2D eigenvalue weighted by Gasteiger charge is 2.28. The van der Waals surface area contributed by atoms with Gasteiger partial charge in [-0.3, -0.25) is 4.68 Å². The normalized spacial score (nSPS) is 19.7. The molecule has 1 aromatic carbocycles. The van der Waals surface area contributed by atoms with Gasteiger partial charge in [-0.2, -0.15) is 5.10 Å². The average Bonchev–Trinajstić information content (AvgIpc) is 3.13. The number of fused-ring (bicyclic) bond motifs is 1. The molecule has 0 radical (unpaired) electrons. The Hall–Kier alpha value is -2.29. The second kappa shape index (κ2) is 7.38. The molecule has 142 valence electrons. The number of aromatic nitrogens is 2. The Balaban J connectivity index is 1.38. The van der Waals surface area contributed by atoms with Crippen molar-refractivity contribution in [1.82, 2.24) is 14.7 Å². The van der Waals surface area contributed by atoms with Gasteiger partial charge in [0.15, 0.2) is 0 Å². The predicted octanol–water partition coefficient (Wildman–Crippen LogP) is 5.36. The van der Waals surface area contributed by atoms with Crippen LogP contribution in [0.4, 0.5) is 0 Å². The maximum Gasteiger partial charge on any atom is 0.0546 e. The number of allylic oxidation sites excluding steroid dienone is 2. The van der Waals surface area contributed by atoms with E-state index in [2.05, 4.69) is 85.2 Å². The summed E-state index contributed by atoms with van der Waals surface area (Å²) in [6.07, 6.45) is 14.0. The SMILES string of the molecule is CC(C)(C)n1ncc2c1CCCC2CCN1C=CC(c2ccccc2)=CC1. The van der Waals surface area contributed by atoms with Crippen LogP contribution in [0.15, 0.2) is 54.9 Å². The van der Waals surface area contributed by atoms with Gasteiger partial charge in [0.1, 0.15) is 0 Å². The number of hydrogen-bond donors (Lipinski definition) is 0. The molecule has 0 amide bonds. The number of benzene rings is 1. The second-order valence-corrected chi connectivity index (χ2v) is 8.84. The first-order chi connectivity index (χ1) is 13.0. The topological polar surface area (TPSA) is 21.1 Å². The highest BCUT2D eigenvalue weighted by molar-refractivity contribution is 5.74. The van der Waals surface area contributed by atoms with Crippen LogP contribution >= 0.6 is 0 Å². The predicted molar refractivity (Wildman–Crippen MR) is 113 cm³/mol. The molecule has 0 fully saturated rings. The highest BCUT2D eigenvalue weighted by Crippen LogP contribution is 2.36. The van der Waals surface area contributed by atoms with Crippen LogP contribution in [0.5, 0.6) is 0 Å². The molecule has 2 heterocycles. The van der Waals surface area contributed by atoms with E-state index in [1.807, 2.05) is 0 Å². The summed E-state index contributed by atoms with van der Waals surface area (Å²) in [7, 11) is 0. The Morgan fingerprint density at radius 1 is 1.15 bits per heavy atom. The van der Waals surface area contributed by atoms with E-state index >= 15 is 0 Å². The van der Waals surface area contributed by atoms with Crippen LogP contribution in [-0.2, 0) is 12.0 Å². The standard InChI is InChI=1S/C24H31N3/c1-24(2,3)27-23-11-7-10-21(22(23)18-25-27)14-17-26-15-12-20(13-16-26)19-8-5-4-6-9-19/h4-6,8-9,12-13,15,18,21H,7,10-11,14,16-17H2,1-3H3. The first-order valence-corrected chi connectivity index (χ1v) is 10.3. The van der Waals surface area contributed by atoms with Crippen LogP contribution in [0, 0.1) is 0 Å². The third-order valence-corrected chi connectivity index (χ3v) is 5.83. The molecular formula is C24H31N3. The molecule has 0 saturated carbocycles. The summed E-state index contributed by atoms with van der Waals surface area (Å²) in [5.41, 5.74) is 5.68. The van der Waals surface area contributed by atoms with E-state index in [-0.39, 0.29) is 5.54 Å². The van der Waals surface area contributed by atoms with Crippen LogP contribution in [0.2, 0.25) is 0 Å². The van der Waals surface area contributed by atoms with Crippen LogP contribution in [0.25, 0.3) is 5.57 Å². The molecule has 1 aromatic heterocycles. The summed E-state index contributed by atoms with van der Waals surface area (Å²) >= 11 is 0. The Bertz CT molecular complexity index is 836. The van der Waals surface area contributed by atoms with E-state index in [9.17, 15) is 0 Å². The minimum atomic E-state index is 0.0731. The molecule has 0 spiro atoms. The zero-order valence-corrected chi connectivity index (χ0v) is 16.9. The van der Waals surface area contributed by atoms with Gasteiger partial charge in [0.25, 0.3) is 0 Å². The Kier molecular flexibility index (Phi) is 4.94. The van der Waals surface area contributed by atoms with Crippen molar-refractivity contribution >= 4 is 5.57 Å². The van der Waals surface area contributed by atoms with Gasteiger partial charge in [0.2, 0.25) is 0 Å². The van der Waals surface area contributed by atoms with E-state index in [4.69, 9.17) is 5.10 Å². The largest absolute Gasteiger partial charge is 0.374 e. The molecule has 4 rings (SSSR count). The highest BCUT2D eigenvalue weighted by atomic mass is 15.3. The van der Waals surface area contributed by atoms with Crippen LogP contribution in [-0.4, -0.2) is 27.8 Å². The van der Waals surface area contributed by atoms with E-state index in [0.717, 1.165) is 13.1 Å². The molecule has 2 aliphatic rings. The number of rotatable bonds is 4. The van der Waals surface area contributed by atoms with Crippen molar-refractivity contribution in [1.29, 1.82) is 0 Å². The van der Waals surface area contributed by atoms with Crippen molar-refractivity contribution in [2.45, 2.75) is 57.9 Å². The van der Waals surface area contributed by atoms with E-state index in [1.54, 1.807) is 0 Å². The molecule has 0 bridgehead atoms. The summed E-state index contributed by atoms with van der Waals surface area (Å²) in [5.74, 6) is 0.651. The van der Waals surface area contributed by atoms with Gasteiger partial charge in [0, 0.05) is 18.8 Å². The lowest BCUT2D eigenvalue weighted by Crippen LogP contribution is -2.27. The van der Waals surface area contributed by atoms with Gasteiger partial charge in [-0.1, -0.05) is 36.4 Å². The lowest BCUT2D eigenvalue weighted by molar-refractivity contribution is 0.332. The second-order valence-electron chi connectivity index (χ2n) is 8.84. The maximum absolute atomic E-state index is 4.74. The molecule has 1 unspecified atom stereocenters. The summed E-state index contributed by atoms with van der Waals surface area (Å²) in [4.78, 5) is 2.44. The van der Waals surface area contributed by atoms with E-state index in [1.165, 1.54) is 48.1 Å². The fourth-order valence-electron chi connectivity index (χ4n) is 4.39. The fraction of sp³-hybridized carbons (Fsp3) is 0.458. The Morgan fingerprint density at radius 2 is 1.96 bits per heavy atom. The quantitative estimate of drug-likeness (QED) is 0.731. The molecule has 1 atom stereocenters. The molecule has 0 saturated heterocycles. The van der Waals surface area contributed by atoms with E-state index in [0.29, 0.717) is 5.92 Å². The molecule has 2 aromatic rings. The van der Waals surface area contributed by atoms with Crippen LogP contribution < -0.4 is 0 Å². The van der Waals surface area contributed by atoms with Crippen molar-refractivity contribution in [2.75, 3.05) is 13.1 Å². The lowest BCUT2D eigenvalue weighted by atomic mass is 9.84. The van der Waals surface area contributed by atoms with Crippen LogP contribution in [0.1, 0.15) is 62.8 Å². The summed E-state index contributed by atoms with van der Waals surface area (Å²) in [6.45, 7) is 8.86. The van der Waals surface area contributed by atoms with Crippen LogP contribution in [0.3, 0.4) is 0 Å². The van der Waals surface area contributed by atoms with Gasteiger partial charge in [-0.15, -0.1) is 0 Å². The molecule has 3 nitrogen and oxygen atoms in total. The first kappa shape index (κ1) is 18.1. The third kappa shape index (κ3) is 3.87. The van der Waals surface area contributed by atoms with Gasteiger partial charge in [-0.25, -0.2) is 0 Å². The van der Waals surface area contributed by atoms with Gasteiger partial charge in [0.05, 0.1) is 11.7 Å². The molecule has 3 heteroatoms. The van der Waals surface area contributed by atoms with Gasteiger partial charge < -0.3 is 4.90 Å². The number of hydrogen-bond acceptors (Lipinski definition) is 2.